The molecule has 0 saturated heterocycles. The summed E-state index contributed by atoms with van der Waals surface area (Å²) in [4.78, 5) is 12.3. The van der Waals surface area contributed by atoms with Crippen LogP contribution in [0.1, 0.15) is 41.8 Å². The largest absolute Gasteiger partial charge is 0.461 e. The zero-order valence-corrected chi connectivity index (χ0v) is 12.8. The second-order valence-electron chi connectivity index (χ2n) is 6.07. The Morgan fingerprint density at radius 2 is 1.77 bits per heavy atom. The van der Waals surface area contributed by atoms with Crippen LogP contribution in [0.25, 0.3) is 11.3 Å². The van der Waals surface area contributed by atoms with E-state index >= 15 is 0 Å². The van der Waals surface area contributed by atoms with Crippen molar-refractivity contribution in [1.29, 1.82) is 0 Å². The third-order valence-electron chi connectivity index (χ3n) is 4.28. The SMILES string of the molecule is Cc1ccc(-c2ccc(C(=O)NC3CCC(N)CC3)cc2)o1. The molecule has 1 aliphatic carbocycles. The number of furan rings is 1. The second-order valence-corrected chi connectivity index (χ2v) is 6.07. The van der Waals surface area contributed by atoms with Crippen molar-refractivity contribution in [3.8, 4) is 11.3 Å². The van der Waals surface area contributed by atoms with Gasteiger partial charge in [0.25, 0.3) is 5.91 Å². The summed E-state index contributed by atoms with van der Waals surface area (Å²) in [6.07, 6.45) is 3.91. The van der Waals surface area contributed by atoms with Crippen molar-refractivity contribution in [3.05, 3.63) is 47.7 Å². The fraction of sp³-hybridized carbons (Fsp3) is 0.389. The third kappa shape index (κ3) is 3.39. The molecular weight excluding hydrogens is 276 g/mol. The van der Waals surface area contributed by atoms with Crippen molar-refractivity contribution in [2.75, 3.05) is 0 Å². The monoisotopic (exact) mass is 298 g/mol. The summed E-state index contributed by atoms with van der Waals surface area (Å²) in [5, 5.41) is 3.10. The molecule has 4 nitrogen and oxygen atoms in total. The Bertz CT molecular complexity index is 637. The van der Waals surface area contributed by atoms with Crippen molar-refractivity contribution in [3.63, 3.8) is 0 Å². The quantitative estimate of drug-likeness (QED) is 0.914. The molecule has 0 spiro atoms. The van der Waals surface area contributed by atoms with Crippen molar-refractivity contribution in [2.24, 2.45) is 5.73 Å². The van der Waals surface area contributed by atoms with Gasteiger partial charge in [-0.2, -0.15) is 0 Å². The molecule has 0 aliphatic heterocycles. The van der Waals surface area contributed by atoms with Crippen LogP contribution in [-0.4, -0.2) is 18.0 Å². The smallest absolute Gasteiger partial charge is 0.251 e. The van der Waals surface area contributed by atoms with Crippen molar-refractivity contribution in [1.82, 2.24) is 5.32 Å². The van der Waals surface area contributed by atoms with Crippen LogP contribution in [-0.2, 0) is 0 Å². The lowest BCUT2D eigenvalue weighted by Crippen LogP contribution is -2.40. The van der Waals surface area contributed by atoms with Crippen LogP contribution in [0.15, 0.2) is 40.8 Å². The van der Waals surface area contributed by atoms with Gasteiger partial charge in [-0.1, -0.05) is 12.1 Å². The van der Waals surface area contributed by atoms with Gasteiger partial charge >= 0.3 is 0 Å². The lowest BCUT2D eigenvalue weighted by atomic mass is 9.91. The maximum Gasteiger partial charge on any atom is 0.251 e. The zero-order valence-electron chi connectivity index (χ0n) is 12.8. The molecule has 1 aromatic carbocycles. The number of nitrogens with two attached hydrogens (primary N) is 1. The third-order valence-corrected chi connectivity index (χ3v) is 4.28. The number of carbonyl (C=O) groups is 1. The maximum absolute atomic E-state index is 12.3. The first-order valence-corrected chi connectivity index (χ1v) is 7.85. The topological polar surface area (TPSA) is 68.3 Å². The predicted molar refractivity (Wildman–Crippen MR) is 86.6 cm³/mol. The fourth-order valence-electron chi connectivity index (χ4n) is 2.91. The van der Waals surface area contributed by atoms with E-state index in [4.69, 9.17) is 10.2 Å². The lowest BCUT2D eigenvalue weighted by Gasteiger charge is -2.26. The molecule has 0 atom stereocenters. The van der Waals surface area contributed by atoms with Crippen LogP contribution in [0.5, 0.6) is 0 Å². The van der Waals surface area contributed by atoms with E-state index in [0.29, 0.717) is 11.6 Å². The highest BCUT2D eigenvalue weighted by molar-refractivity contribution is 5.94. The van der Waals surface area contributed by atoms with Gasteiger partial charge < -0.3 is 15.5 Å². The first kappa shape index (κ1) is 14.9. The number of benzene rings is 1. The molecular formula is C18H22N2O2. The number of nitrogens with one attached hydrogen (secondary N) is 1. The average Bonchev–Trinajstić information content (AvgIpc) is 2.96. The molecule has 3 N–H and O–H groups in total. The Morgan fingerprint density at radius 1 is 1.09 bits per heavy atom. The van der Waals surface area contributed by atoms with Gasteiger partial charge in [0.05, 0.1) is 0 Å². The minimum atomic E-state index is -0.0114. The Morgan fingerprint density at radius 3 is 2.36 bits per heavy atom. The van der Waals surface area contributed by atoms with Crippen LogP contribution < -0.4 is 11.1 Å². The first-order valence-electron chi connectivity index (χ1n) is 7.85. The van der Waals surface area contributed by atoms with Gasteiger partial charge in [-0.05, 0) is 56.9 Å². The number of carbonyl (C=O) groups excluding carboxylic acids is 1. The zero-order chi connectivity index (χ0) is 15.5. The summed E-state index contributed by atoms with van der Waals surface area (Å²) in [5.41, 5.74) is 7.55. The van der Waals surface area contributed by atoms with Crippen LogP contribution >= 0.6 is 0 Å². The molecule has 22 heavy (non-hydrogen) atoms. The van der Waals surface area contributed by atoms with Gasteiger partial charge in [0.2, 0.25) is 0 Å². The molecule has 1 amide bonds. The van der Waals surface area contributed by atoms with E-state index in [0.717, 1.165) is 42.8 Å². The summed E-state index contributed by atoms with van der Waals surface area (Å²) >= 11 is 0. The number of aryl methyl sites for hydroxylation is 1. The molecule has 0 radical (unpaired) electrons. The number of amides is 1. The molecule has 2 aromatic rings. The number of hydrogen-bond donors (Lipinski definition) is 2. The van der Waals surface area contributed by atoms with E-state index in [2.05, 4.69) is 5.32 Å². The van der Waals surface area contributed by atoms with Gasteiger partial charge in [0, 0.05) is 23.2 Å². The van der Waals surface area contributed by atoms with E-state index in [1.807, 2.05) is 43.3 Å². The minimum Gasteiger partial charge on any atom is -0.461 e. The molecule has 1 saturated carbocycles. The Labute approximate surface area is 130 Å². The Hall–Kier alpha value is -2.07. The van der Waals surface area contributed by atoms with E-state index in [9.17, 15) is 4.79 Å². The second kappa shape index (κ2) is 6.36. The molecule has 1 aliphatic rings. The predicted octanol–water partition coefficient (Wildman–Crippen LogP) is 3.25. The van der Waals surface area contributed by atoms with Crippen LogP contribution in [0.2, 0.25) is 0 Å². The summed E-state index contributed by atoms with van der Waals surface area (Å²) in [5.74, 6) is 1.70. The van der Waals surface area contributed by atoms with Crippen molar-refractivity contribution in [2.45, 2.75) is 44.7 Å². The summed E-state index contributed by atoms with van der Waals surface area (Å²) in [6, 6.07) is 11.9. The normalized spacial score (nSPS) is 21.5. The molecule has 4 heteroatoms. The van der Waals surface area contributed by atoms with Gasteiger partial charge in [-0.15, -0.1) is 0 Å². The van der Waals surface area contributed by atoms with Crippen molar-refractivity contribution < 1.29 is 9.21 Å². The van der Waals surface area contributed by atoms with Crippen LogP contribution in [0.3, 0.4) is 0 Å². The van der Waals surface area contributed by atoms with Gasteiger partial charge in [0.1, 0.15) is 11.5 Å². The Kier molecular flexibility index (Phi) is 4.29. The van der Waals surface area contributed by atoms with Crippen LogP contribution in [0, 0.1) is 6.92 Å². The lowest BCUT2D eigenvalue weighted by molar-refractivity contribution is 0.0926. The standard InChI is InChI=1S/C18H22N2O2/c1-12-2-11-17(22-12)13-3-5-14(6-4-13)18(21)20-16-9-7-15(19)8-10-16/h2-6,11,15-16H,7-10,19H2,1H3,(H,20,21). The molecule has 1 heterocycles. The highest BCUT2D eigenvalue weighted by atomic mass is 16.3. The van der Waals surface area contributed by atoms with Gasteiger partial charge in [-0.3, -0.25) is 4.79 Å². The molecule has 1 fully saturated rings. The molecule has 3 rings (SSSR count). The number of rotatable bonds is 3. The minimum absolute atomic E-state index is 0.0114. The van der Waals surface area contributed by atoms with E-state index < -0.39 is 0 Å². The summed E-state index contributed by atoms with van der Waals surface area (Å²) in [7, 11) is 0. The maximum atomic E-state index is 12.3. The van der Waals surface area contributed by atoms with Gasteiger partial charge in [0.15, 0.2) is 0 Å². The molecule has 0 unspecified atom stereocenters. The van der Waals surface area contributed by atoms with E-state index in [1.165, 1.54) is 0 Å². The summed E-state index contributed by atoms with van der Waals surface area (Å²) < 4.78 is 5.59. The average molecular weight is 298 g/mol. The Balaban J connectivity index is 1.63. The molecule has 0 bridgehead atoms. The summed E-state index contributed by atoms with van der Waals surface area (Å²) in [6.45, 7) is 1.92. The fourth-order valence-corrected chi connectivity index (χ4v) is 2.91. The number of hydrogen-bond acceptors (Lipinski definition) is 3. The molecule has 1 aromatic heterocycles. The highest BCUT2D eigenvalue weighted by Crippen LogP contribution is 2.22. The van der Waals surface area contributed by atoms with E-state index in [-0.39, 0.29) is 11.9 Å². The molecule has 116 valence electrons. The van der Waals surface area contributed by atoms with Crippen molar-refractivity contribution >= 4 is 5.91 Å². The first-order chi connectivity index (χ1) is 10.6. The van der Waals surface area contributed by atoms with Gasteiger partial charge in [-0.25, -0.2) is 0 Å². The highest BCUT2D eigenvalue weighted by Gasteiger charge is 2.20. The van der Waals surface area contributed by atoms with Crippen LogP contribution in [0.4, 0.5) is 0 Å². The van der Waals surface area contributed by atoms with E-state index in [1.54, 1.807) is 0 Å².